The lowest BCUT2D eigenvalue weighted by Gasteiger charge is -2.31. The van der Waals surface area contributed by atoms with E-state index in [1.807, 2.05) is 24.3 Å². The van der Waals surface area contributed by atoms with Crippen LogP contribution in [0.2, 0.25) is 0 Å². The molecule has 1 rings (SSSR count). The van der Waals surface area contributed by atoms with Crippen molar-refractivity contribution in [1.29, 1.82) is 0 Å². The fourth-order valence-electron chi connectivity index (χ4n) is 1.66. The van der Waals surface area contributed by atoms with Crippen LogP contribution in [0.5, 0.6) is 5.75 Å². The van der Waals surface area contributed by atoms with Crippen molar-refractivity contribution in [2.45, 2.75) is 32.7 Å². The quantitative estimate of drug-likeness (QED) is 0.824. The lowest BCUT2D eigenvalue weighted by molar-refractivity contribution is 0.315. The van der Waals surface area contributed by atoms with Crippen molar-refractivity contribution >= 4 is 0 Å². The van der Waals surface area contributed by atoms with Crippen LogP contribution in [0.1, 0.15) is 32.8 Å². The van der Waals surface area contributed by atoms with Gasteiger partial charge in [-0.25, -0.2) is 0 Å². The molecule has 0 amide bonds. The first-order valence-corrected chi connectivity index (χ1v) is 5.45. The van der Waals surface area contributed by atoms with E-state index in [2.05, 4.69) is 20.8 Å². The molecule has 0 radical (unpaired) electrons. The van der Waals surface area contributed by atoms with Gasteiger partial charge < -0.3 is 10.5 Å². The number of rotatable bonds is 4. The Bertz CT molecular complexity index is 303. The van der Waals surface area contributed by atoms with Crippen molar-refractivity contribution < 1.29 is 4.74 Å². The van der Waals surface area contributed by atoms with Crippen LogP contribution in [0.4, 0.5) is 0 Å². The molecule has 0 aromatic heterocycles. The molecule has 84 valence electrons. The number of hydrogen-bond donors (Lipinski definition) is 1. The van der Waals surface area contributed by atoms with Crippen LogP contribution in [0.25, 0.3) is 0 Å². The molecule has 0 heterocycles. The van der Waals surface area contributed by atoms with Gasteiger partial charge in [-0.2, -0.15) is 0 Å². The van der Waals surface area contributed by atoms with E-state index in [1.165, 1.54) is 0 Å². The SMILES string of the molecule is CCC(C)C(C)(N)c1ccc(OC)cc1. The predicted molar refractivity (Wildman–Crippen MR) is 64.0 cm³/mol. The van der Waals surface area contributed by atoms with Gasteiger partial charge in [-0.1, -0.05) is 32.4 Å². The van der Waals surface area contributed by atoms with Crippen LogP contribution in [-0.2, 0) is 5.54 Å². The summed E-state index contributed by atoms with van der Waals surface area (Å²) in [6, 6.07) is 8.02. The van der Waals surface area contributed by atoms with E-state index in [1.54, 1.807) is 7.11 Å². The zero-order chi connectivity index (χ0) is 11.5. The molecule has 2 N–H and O–H groups in total. The zero-order valence-corrected chi connectivity index (χ0v) is 10.1. The standard InChI is InChI=1S/C13H21NO/c1-5-10(2)13(3,14)11-6-8-12(15-4)9-7-11/h6-10H,5,14H2,1-4H3. The zero-order valence-electron chi connectivity index (χ0n) is 10.1. The minimum absolute atomic E-state index is 0.263. The summed E-state index contributed by atoms with van der Waals surface area (Å²) in [5.74, 6) is 1.34. The summed E-state index contributed by atoms with van der Waals surface area (Å²) < 4.78 is 5.13. The van der Waals surface area contributed by atoms with Gasteiger partial charge in [0.05, 0.1) is 7.11 Å². The average molecular weight is 207 g/mol. The highest BCUT2D eigenvalue weighted by atomic mass is 16.5. The van der Waals surface area contributed by atoms with Gasteiger partial charge in [-0.05, 0) is 30.5 Å². The van der Waals surface area contributed by atoms with Gasteiger partial charge in [0.15, 0.2) is 0 Å². The summed E-state index contributed by atoms with van der Waals surface area (Å²) in [5.41, 5.74) is 7.24. The fourth-order valence-corrected chi connectivity index (χ4v) is 1.66. The highest BCUT2D eigenvalue weighted by molar-refractivity contribution is 5.31. The Kier molecular flexibility index (Phi) is 3.75. The maximum Gasteiger partial charge on any atom is 0.118 e. The number of ether oxygens (including phenoxy) is 1. The lowest BCUT2D eigenvalue weighted by atomic mass is 9.80. The van der Waals surface area contributed by atoms with Crippen LogP contribution in [0.15, 0.2) is 24.3 Å². The van der Waals surface area contributed by atoms with E-state index in [4.69, 9.17) is 10.5 Å². The van der Waals surface area contributed by atoms with Crippen molar-refractivity contribution in [3.63, 3.8) is 0 Å². The molecule has 0 saturated carbocycles. The largest absolute Gasteiger partial charge is 0.497 e. The third-order valence-corrected chi connectivity index (χ3v) is 3.35. The topological polar surface area (TPSA) is 35.2 Å². The van der Waals surface area contributed by atoms with Crippen molar-refractivity contribution in [1.82, 2.24) is 0 Å². The molecule has 2 heteroatoms. The third-order valence-electron chi connectivity index (χ3n) is 3.35. The second-order valence-corrected chi connectivity index (χ2v) is 4.32. The molecule has 0 spiro atoms. The Morgan fingerprint density at radius 2 is 1.87 bits per heavy atom. The third kappa shape index (κ3) is 2.51. The second kappa shape index (κ2) is 4.67. The Morgan fingerprint density at radius 3 is 2.27 bits per heavy atom. The molecular weight excluding hydrogens is 186 g/mol. The van der Waals surface area contributed by atoms with E-state index < -0.39 is 0 Å². The smallest absolute Gasteiger partial charge is 0.118 e. The van der Waals surface area contributed by atoms with Gasteiger partial charge in [0.25, 0.3) is 0 Å². The Hall–Kier alpha value is -1.02. The molecule has 1 aromatic rings. The van der Waals surface area contributed by atoms with E-state index in [0.29, 0.717) is 5.92 Å². The molecule has 2 unspecified atom stereocenters. The monoisotopic (exact) mass is 207 g/mol. The highest BCUT2D eigenvalue weighted by Gasteiger charge is 2.26. The fraction of sp³-hybridized carbons (Fsp3) is 0.538. The summed E-state index contributed by atoms with van der Waals surface area (Å²) >= 11 is 0. The van der Waals surface area contributed by atoms with E-state index in [0.717, 1.165) is 17.7 Å². The van der Waals surface area contributed by atoms with Gasteiger partial charge in [0.1, 0.15) is 5.75 Å². The maximum atomic E-state index is 6.34. The number of nitrogens with two attached hydrogens (primary N) is 1. The van der Waals surface area contributed by atoms with Crippen LogP contribution in [-0.4, -0.2) is 7.11 Å². The van der Waals surface area contributed by atoms with Crippen LogP contribution >= 0.6 is 0 Å². The number of benzene rings is 1. The maximum absolute atomic E-state index is 6.34. The number of hydrogen-bond acceptors (Lipinski definition) is 2. The summed E-state index contributed by atoms with van der Waals surface area (Å²) in [7, 11) is 1.67. The molecule has 0 aliphatic carbocycles. The summed E-state index contributed by atoms with van der Waals surface area (Å²) in [4.78, 5) is 0. The molecule has 2 nitrogen and oxygen atoms in total. The lowest BCUT2D eigenvalue weighted by Crippen LogP contribution is -2.39. The molecule has 0 aliphatic rings. The van der Waals surface area contributed by atoms with E-state index in [9.17, 15) is 0 Å². The van der Waals surface area contributed by atoms with Gasteiger partial charge in [-0.15, -0.1) is 0 Å². The van der Waals surface area contributed by atoms with Gasteiger partial charge in [0.2, 0.25) is 0 Å². The first kappa shape index (κ1) is 12.1. The minimum atomic E-state index is -0.263. The minimum Gasteiger partial charge on any atom is -0.497 e. The summed E-state index contributed by atoms with van der Waals surface area (Å²) in [6.45, 7) is 6.44. The van der Waals surface area contributed by atoms with Gasteiger partial charge in [0, 0.05) is 5.54 Å². The van der Waals surface area contributed by atoms with E-state index >= 15 is 0 Å². The second-order valence-electron chi connectivity index (χ2n) is 4.32. The van der Waals surface area contributed by atoms with Crippen molar-refractivity contribution in [2.24, 2.45) is 11.7 Å². The first-order chi connectivity index (χ1) is 7.02. The number of methoxy groups -OCH3 is 1. The molecule has 15 heavy (non-hydrogen) atoms. The van der Waals surface area contributed by atoms with Crippen LogP contribution < -0.4 is 10.5 Å². The van der Waals surface area contributed by atoms with Crippen LogP contribution in [0, 0.1) is 5.92 Å². The predicted octanol–water partition coefficient (Wildman–Crippen LogP) is 2.92. The highest BCUT2D eigenvalue weighted by Crippen LogP contribution is 2.29. The first-order valence-electron chi connectivity index (χ1n) is 5.45. The van der Waals surface area contributed by atoms with Crippen molar-refractivity contribution in [2.75, 3.05) is 7.11 Å². The van der Waals surface area contributed by atoms with Crippen molar-refractivity contribution in [3.8, 4) is 5.75 Å². The Labute approximate surface area is 92.4 Å². The Balaban J connectivity index is 2.94. The van der Waals surface area contributed by atoms with Crippen molar-refractivity contribution in [3.05, 3.63) is 29.8 Å². The summed E-state index contributed by atoms with van der Waals surface area (Å²) in [5, 5.41) is 0. The molecular formula is C13H21NO. The molecule has 0 aliphatic heterocycles. The van der Waals surface area contributed by atoms with Gasteiger partial charge >= 0.3 is 0 Å². The summed E-state index contributed by atoms with van der Waals surface area (Å²) in [6.07, 6.45) is 1.08. The molecule has 2 atom stereocenters. The Morgan fingerprint density at radius 1 is 1.33 bits per heavy atom. The molecule has 0 fully saturated rings. The molecule has 0 saturated heterocycles. The van der Waals surface area contributed by atoms with E-state index in [-0.39, 0.29) is 5.54 Å². The molecule has 1 aromatic carbocycles. The van der Waals surface area contributed by atoms with Gasteiger partial charge in [-0.3, -0.25) is 0 Å². The van der Waals surface area contributed by atoms with Crippen LogP contribution in [0.3, 0.4) is 0 Å². The molecule has 0 bridgehead atoms. The normalized spacial score (nSPS) is 16.9. The average Bonchev–Trinajstić information content (AvgIpc) is 2.28.